The van der Waals surface area contributed by atoms with Gasteiger partial charge in [0.15, 0.2) is 5.54 Å². The Morgan fingerprint density at radius 2 is 1.54 bits per heavy atom. The molecule has 0 saturated carbocycles. The monoisotopic (exact) mass is 527 g/mol. The molecule has 4 heterocycles. The van der Waals surface area contributed by atoms with Crippen LogP contribution in [0.25, 0.3) is 5.65 Å². The van der Waals surface area contributed by atoms with Gasteiger partial charge in [0.2, 0.25) is 0 Å². The molecule has 0 atom stereocenters. The molecule has 39 heavy (non-hydrogen) atoms. The van der Waals surface area contributed by atoms with Crippen LogP contribution in [0.3, 0.4) is 0 Å². The van der Waals surface area contributed by atoms with E-state index in [1.54, 1.807) is 29.2 Å². The molecule has 0 N–H and O–H groups in total. The van der Waals surface area contributed by atoms with Crippen LogP contribution in [0.5, 0.6) is 0 Å². The number of nitrogens with zero attached hydrogens (tertiary/aromatic N) is 5. The predicted molar refractivity (Wildman–Crippen MR) is 147 cm³/mol. The molecule has 0 aliphatic carbocycles. The van der Waals surface area contributed by atoms with Gasteiger partial charge in [-0.2, -0.15) is 0 Å². The summed E-state index contributed by atoms with van der Waals surface area (Å²) in [4.78, 5) is 27.3. The second-order valence-corrected chi connectivity index (χ2v) is 10.5. The Balaban J connectivity index is 1.11. The lowest BCUT2D eigenvalue weighted by molar-refractivity contribution is -0.130. The van der Waals surface area contributed by atoms with Crippen molar-refractivity contribution in [3.8, 4) is 0 Å². The number of carbonyl (C=O) groups is 1. The maximum Gasteiger partial charge on any atom is 0.265 e. The summed E-state index contributed by atoms with van der Waals surface area (Å²) < 4.78 is 29.5. The first-order valence-electron chi connectivity index (χ1n) is 13.5. The number of fused-ring (bicyclic) bond motifs is 1. The molecule has 1 fully saturated rings. The fourth-order valence-corrected chi connectivity index (χ4v) is 6.00. The van der Waals surface area contributed by atoms with E-state index in [2.05, 4.69) is 32.6 Å². The van der Waals surface area contributed by atoms with Crippen LogP contribution in [-0.4, -0.2) is 57.1 Å². The standard InChI is InChI=1S/C31H31F2N5O/c1-22-35-31(25-4-8-27(32)9-5-25,26-6-10-28(33)11-7-26)30(39)38(22)17-2-16-36-18-13-23(14-19-36)24-3-12-29-34-15-20-37(29)21-24/h3-12,15,20-21,23H,2,13-14,16-19H2,1H3. The summed E-state index contributed by atoms with van der Waals surface area (Å²) in [7, 11) is 0. The Kier molecular flexibility index (Phi) is 6.73. The van der Waals surface area contributed by atoms with Gasteiger partial charge in [-0.05, 0) is 98.8 Å². The number of hydrogen-bond acceptors (Lipinski definition) is 4. The molecular weight excluding hydrogens is 496 g/mol. The number of aromatic nitrogens is 2. The number of amides is 1. The van der Waals surface area contributed by atoms with E-state index in [9.17, 15) is 13.6 Å². The number of amidine groups is 1. The molecule has 2 aromatic heterocycles. The Hall–Kier alpha value is -3.91. The highest BCUT2D eigenvalue weighted by Crippen LogP contribution is 2.40. The SMILES string of the molecule is CC1=NC(c2ccc(F)cc2)(c2ccc(F)cc2)C(=O)N1CCCN1CCC(c2ccc3nccn3c2)CC1. The number of piperidine rings is 1. The van der Waals surface area contributed by atoms with E-state index in [0.29, 0.717) is 29.4 Å². The van der Waals surface area contributed by atoms with Crippen molar-refractivity contribution < 1.29 is 13.6 Å². The summed E-state index contributed by atoms with van der Waals surface area (Å²) in [6.07, 6.45) is 9.01. The van der Waals surface area contributed by atoms with Gasteiger partial charge in [0.1, 0.15) is 23.1 Å². The van der Waals surface area contributed by atoms with Crippen LogP contribution in [0.15, 0.2) is 84.2 Å². The third kappa shape index (κ3) is 4.74. The Labute approximate surface area is 226 Å². The molecule has 0 bridgehead atoms. The molecule has 4 aromatic rings. The summed E-state index contributed by atoms with van der Waals surface area (Å²) in [6.45, 7) is 5.29. The van der Waals surface area contributed by atoms with Crippen LogP contribution in [0.4, 0.5) is 8.78 Å². The van der Waals surface area contributed by atoms with Crippen molar-refractivity contribution in [1.29, 1.82) is 0 Å². The molecule has 0 spiro atoms. The van der Waals surface area contributed by atoms with Crippen molar-refractivity contribution in [2.24, 2.45) is 4.99 Å². The van der Waals surface area contributed by atoms with Crippen molar-refractivity contribution in [1.82, 2.24) is 19.2 Å². The minimum atomic E-state index is -1.35. The predicted octanol–water partition coefficient (Wildman–Crippen LogP) is 5.39. The third-order valence-electron chi connectivity index (χ3n) is 8.13. The van der Waals surface area contributed by atoms with Crippen LogP contribution in [-0.2, 0) is 10.3 Å². The van der Waals surface area contributed by atoms with E-state index in [1.165, 1.54) is 29.8 Å². The molecule has 1 saturated heterocycles. The average molecular weight is 528 g/mol. The zero-order chi connectivity index (χ0) is 27.0. The number of hydrogen-bond donors (Lipinski definition) is 0. The third-order valence-corrected chi connectivity index (χ3v) is 8.13. The molecule has 2 aromatic carbocycles. The molecule has 6 rings (SSSR count). The second-order valence-electron chi connectivity index (χ2n) is 10.5. The number of halogens is 2. The lowest BCUT2D eigenvalue weighted by atomic mass is 9.82. The van der Waals surface area contributed by atoms with Crippen molar-refractivity contribution in [3.63, 3.8) is 0 Å². The minimum Gasteiger partial charge on any atom is -0.307 e. The van der Waals surface area contributed by atoms with Crippen molar-refractivity contribution >= 4 is 17.4 Å². The normalized spacial score (nSPS) is 18.2. The highest BCUT2D eigenvalue weighted by Gasteiger charge is 2.49. The first kappa shape index (κ1) is 25.4. The van der Waals surface area contributed by atoms with Gasteiger partial charge in [-0.25, -0.2) is 18.8 Å². The highest BCUT2D eigenvalue weighted by molar-refractivity contribution is 6.09. The van der Waals surface area contributed by atoms with E-state index >= 15 is 0 Å². The number of benzene rings is 2. The molecule has 200 valence electrons. The van der Waals surface area contributed by atoms with Gasteiger partial charge < -0.3 is 9.30 Å². The van der Waals surface area contributed by atoms with Gasteiger partial charge >= 0.3 is 0 Å². The number of aliphatic imine (C=N–C) groups is 1. The van der Waals surface area contributed by atoms with Gasteiger partial charge in [-0.1, -0.05) is 30.3 Å². The number of imidazole rings is 1. The zero-order valence-electron chi connectivity index (χ0n) is 21.9. The molecular formula is C31H31F2N5O. The van der Waals surface area contributed by atoms with Gasteiger partial charge in [0, 0.05) is 25.1 Å². The van der Waals surface area contributed by atoms with Crippen LogP contribution >= 0.6 is 0 Å². The summed E-state index contributed by atoms with van der Waals surface area (Å²) in [6, 6.07) is 16.0. The summed E-state index contributed by atoms with van der Waals surface area (Å²) in [5.41, 5.74) is 2.11. The number of rotatable bonds is 7. The topological polar surface area (TPSA) is 53.2 Å². The van der Waals surface area contributed by atoms with Gasteiger partial charge in [-0.15, -0.1) is 0 Å². The van der Waals surface area contributed by atoms with Crippen LogP contribution in [0.1, 0.15) is 48.8 Å². The second kappa shape index (κ2) is 10.3. The summed E-state index contributed by atoms with van der Waals surface area (Å²) in [5, 5.41) is 0. The van der Waals surface area contributed by atoms with Crippen LogP contribution in [0, 0.1) is 11.6 Å². The van der Waals surface area contributed by atoms with E-state index < -0.39 is 5.54 Å². The van der Waals surface area contributed by atoms with Crippen molar-refractivity contribution in [3.05, 3.63) is 108 Å². The van der Waals surface area contributed by atoms with Crippen molar-refractivity contribution in [2.75, 3.05) is 26.2 Å². The van der Waals surface area contributed by atoms with Gasteiger partial charge in [-0.3, -0.25) is 9.69 Å². The fourth-order valence-electron chi connectivity index (χ4n) is 6.00. The highest BCUT2D eigenvalue weighted by atomic mass is 19.1. The average Bonchev–Trinajstić information content (AvgIpc) is 3.52. The Morgan fingerprint density at radius 3 is 2.18 bits per heavy atom. The van der Waals surface area contributed by atoms with Crippen LogP contribution < -0.4 is 0 Å². The quantitative estimate of drug-likeness (QED) is 0.324. The lowest BCUT2D eigenvalue weighted by Crippen LogP contribution is -2.43. The van der Waals surface area contributed by atoms with E-state index in [4.69, 9.17) is 4.99 Å². The zero-order valence-corrected chi connectivity index (χ0v) is 21.9. The fraction of sp³-hybridized carbons (Fsp3) is 0.323. The van der Waals surface area contributed by atoms with Gasteiger partial charge in [0.25, 0.3) is 5.91 Å². The number of pyridine rings is 1. The first-order chi connectivity index (χ1) is 18.9. The number of carbonyl (C=O) groups excluding carboxylic acids is 1. The van der Waals surface area contributed by atoms with Crippen LogP contribution in [0.2, 0.25) is 0 Å². The minimum absolute atomic E-state index is 0.188. The van der Waals surface area contributed by atoms with Gasteiger partial charge in [0.05, 0.1) is 0 Å². The molecule has 2 aliphatic heterocycles. The summed E-state index contributed by atoms with van der Waals surface area (Å²) >= 11 is 0. The van der Waals surface area contributed by atoms with Crippen molar-refractivity contribution in [2.45, 2.75) is 37.6 Å². The smallest absolute Gasteiger partial charge is 0.265 e. The number of likely N-dealkylation sites (tertiary alicyclic amines) is 1. The largest absolute Gasteiger partial charge is 0.307 e. The molecule has 0 radical (unpaired) electrons. The maximum atomic E-state index is 14.0. The molecule has 1 amide bonds. The molecule has 2 aliphatic rings. The summed E-state index contributed by atoms with van der Waals surface area (Å²) in [5.74, 6) is 0.188. The molecule has 8 heteroatoms. The van der Waals surface area contributed by atoms with E-state index in [1.807, 2.05) is 19.3 Å². The molecule has 6 nitrogen and oxygen atoms in total. The Bertz CT molecular complexity index is 1460. The Morgan fingerprint density at radius 1 is 0.897 bits per heavy atom. The lowest BCUT2D eigenvalue weighted by Gasteiger charge is -2.33. The van der Waals surface area contributed by atoms with E-state index in [-0.39, 0.29) is 17.5 Å². The first-order valence-corrected chi connectivity index (χ1v) is 13.5. The molecule has 0 unspecified atom stereocenters. The maximum absolute atomic E-state index is 14.0. The van der Waals surface area contributed by atoms with E-state index in [0.717, 1.165) is 44.5 Å².